The number of rotatable bonds is 5. The number of aryl methyl sites for hydroxylation is 1. The van der Waals surface area contributed by atoms with Crippen LogP contribution >= 0.6 is 0 Å². The van der Waals surface area contributed by atoms with Crippen LogP contribution in [0.4, 0.5) is 5.69 Å². The Bertz CT molecular complexity index is 1110. The van der Waals surface area contributed by atoms with E-state index in [-0.39, 0.29) is 5.91 Å². The van der Waals surface area contributed by atoms with E-state index in [1.165, 1.54) is 6.92 Å². The highest BCUT2D eigenvalue weighted by Gasteiger charge is 2.31. The van der Waals surface area contributed by atoms with E-state index in [1.807, 2.05) is 82.3 Å². The molecule has 0 aliphatic carbocycles. The number of hydrogen-bond acceptors (Lipinski definition) is 3. The summed E-state index contributed by atoms with van der Waals surface area (Å²) < 4.78 is 6.00. The molecule has 5 heteroatoms. The van der Waals surface area contributed by atoms with Crippen LogP contribution in [0.5, 0.6) is 0 Å². The Balaban J connectivity index is 2.35. The van der Waals surface area contributed by atoms with Crippen LogP contribution in [-0.2, 0) is 14.3 Å². The smallest absolute Gasteiger partial charge is 0.337 e. The summed E-state index contributed by atoms with van der Waals surface area (Å²) in [6.07, 6.45) is -1.13. The van der Waals surface area contributed by atoms with Gasteiger partial charge in [-0.15, -0.1) is 0 Å². The summed E-state index contributed by atoms with van der Waals surface area (Å²) in [7, 11) is 0. The van der Waals surface area contributed by atoms with Gasteiger partial charge in [-0.05, 0) is 67.3 Å². The molecule has 5 nitrogen and oxygen atoms in total. The lowest BCUT2D eigenvalue weighted by molar-refractivity contribution is -0.160. The molecule has 1 atom stereocenters. The Kier molecular flexibility index (Phi) is 5.94. The standard InChI is InChI=1S/C25H27NO4/c1-15-13-17-9-6-7-12-20(17)22(18-10-8-11-19(14-18)26-16(2)27)21(15)23(24(28)29)30-25(3,4)5/h6-14,23H,1-5H3,(H,26,27)(H,28,29). The van der Waals surface area contributed by atoms with Crippen LogP contribution in [0.2, 0.25) is 0 Å². The van der Waals surface area contributed by atoms with Gasteiger partial charge in [-0.2, -0.15) is 0 Å². The number of carboxylic acid groups (broad SMARTS) is 1. The molecule has 156 valence electrons. The molecule has 3 aromatic rings. The molecule has 0 aliphatic heterocycles. The van der Waals surface area contributed by atoms with E-state index in [4.69, 9.17) is 4.74 Å². The monoisotopic (exact) mass is 405 g/mol. The van der Waals surface area contributed by atoms with Crippen LogP contribution in [-0.4, -0.2) is 22.6 Å². The van der Waals surface area contributed by atoms with Crippen molar-refractivity contribution in [3.8, 4) is 11.1 Å². The van der Waals surface area contributed by atoms with E-state index in [9.17, 15) is 14.7 Å². The largest absolute Gasteiger partial charge is 0.479 e. The van der Waals surface area contributed by atoms with Crippen LogP contribution in [0.15, 0.2) is 54.6 Å². The van der Waals surface area contributed by atoms with Crippen molar-refractivity contribution < 1.29 is 19.4 Å². The summed E-state index contributed by atoms with van der Waals surface area (Å²) in [5, 5.41) is 14.8. The zero-order valence-corrected chi connectivity index (χ0v) is 17.9. The van der Waals surface area contributed by atoms with Gasteiger partial charge in [0.2, 0.25) is 5.91 Å². The average Bonchev–Trinajstić information content (AvgIpc) is 2.64. The van der Waals surface area contributed by atoms with Crippen molar-refractivity contribution in [1.29, 1.82) is 0 Å². The molecule has 0 fully saturated rings. The van der Waals surface area contributed by atoms with E-state index in [2.05, 4.69) is 5.32 Å². The number of anilines is 1. The number of fused-ring (bicyclic) bond motifs is 1. The third-order valence-corrected chi connectivity index (χ3v) is 4.73. The second-order valence-corrected chi connectivity index (χ2v) is 8.41. The maximum Gasteiger partial charge on any atom is 0.337 e. The van der Waals surface area contributed by atoms with Gasteiger partial charge in [-0.1, -0.05) is 42.5 Å². The van der Waals surface area contributed by atoms with Crippen LogP contribution in [0.25, 0.3) is 21.9 Å². The zero-order chi connectivity index (χ0) is 22.1. The molecule has 1 amide bonds. The van der Waals surface area contributed by atoms with Gasteiger partial charge in [0.15, 0.2) is 6.10 Å². The predicted octanol–water partition coefficient (Wildman–Crippen LogP) is 5.71. The lowest BCUT2D eigenvalue weighted by Gasteiger charge is -2.28. The molecule has 0 bridgehead atoms. The van der Waals surface area contributed by atoms with E-state index >= 15 is 0 Å². The Hall–Kier alpha value is -3.18. The molecule has 2 N–H and O–H groups in total. The minimum absolute atomic E-state index is 0.166. The highest BCUT2D eigenvalue weighted by molar-refractivity contribution is 6.01. The lowest BCUT2D eigenvalue weighted by atomic mass is 9.87. The summed E-state index contributed by atoms with van der Waals surface area (Å²) in [5.41, 5.74) is 3.09. The number of carboxylic acids is 1. The number of carbonyl (C=O) groups excluding carboxylic acids is 1. The number of hydrogen-bond donors (Lipinski definition) is 2. The second-order valence-electron chi connectivity index (χ2n) is 8.41. The van der Waals surface area contributed by atoms with E-state index < -0.39 is 17.7 Å². The molecule has 0 saturated heterocycles. The molecular formula is C25H27NO4. The first-order valence-electron chi connectivity index (χ1n) is 9.88. The zero-order valence-electron chi connectivity index (χ0n) is 17.9. The number of benzene rings is 3. The molecule has 1 unspecified atom stereocenters. The first kappa shape index (κ1) is 21.5. The summed E-state index contributed by atoms with van der Waals surface area (Å²) in [6.45, 7) is 8.89. The van der Waals surface area contributed by atoms with E-state index in [1.54, 1.807) is 0 Å². The Morgan fingerprint density at radius 2 is 1.73 bits per heavy atom. The normalized spacial score (nSPS) is 12.6. The second kappa shape index (κ2) is 8.28. The van der Waals surface area contributed by atoms with Gasteiger partial charge in [0.25, 0.3) is 0 Å². The number of amides is 1. The van der Waals surface area contributed by atoms with Crippen molar-refractivity contribution >= 4 is 28.3 Å². The van der Waals surface area contributed by atoms with Gasteiger partial charge < -0.3 is 15.2 Å². The molecule has 0 spiro atoms. The van der Waals surface area contributed by atoms with Crippen molar-refractivity contribution in [2.75, 3.05) is 5.32 Å². The van der Waals surface area contributed by atoms with Gasteiger partial charge in [0.05, 0.1) is 5.60 Å². The fourth-order valence-electron chi connectivity index (χ4n) is 3.69. The molecule has 0 heterocycles. The summed E-state index contributed by atoms with van der Waals surface area (Å²) in [6, 6.07) is 17.3. The first-order valence-corrected chi connectivity index (χ1v) is 9.88. The van der Waals surface area contributed by atoms with Gasteiger partial charge >= 0.3 is 5.97 Å². The minimum Gasteiger partial charge on any atom is -0.479 e. The Morgan fingerprint density at radius 1 is 1.03 bits per heavy atom. The average molecular weight is 405 g/mol. The van der Waals surface area contributed by atoms with Crippen molar-refractivity contribution in [1.82, 2.24) is 0 Å². The van der Waals surface area contributed by atoms with E-state index in [0.29, 0.717) is 11.3 Å². The molecule has 3 rings (SSSR count). The molecule has 30 heavy (non-hydrogen) atoms. The third kappa shape index (κ3) is 4.69. The molecule has 0 aromatic heterocycles. The molecule has 0 saturated carbocycles. The number of nitrogens with one attached hydrogen (secondary N) is 1. The van der Waals surface area contributed by atoms with Crippen molar-refractivity contribution in [2.24, 2.45) is 0 Å². The Labute approximate surface area is 176 Å². The summed E-state index contributed by atoms with van der Waals surface area (Å²) in [4.78, 5) is 23.8. The van der Waals surface area contributed by atoms with Crippen LogP contribution in [0.1, 0.15) is 44.9 Å². The van der Waals surface area contributed by atoms with Crippen molar-refractivity contribution in [3.05, 3.63) is 65.7 Å². The number of aliphatic carboxylic acids is 1. The third-order valence-electron chi connectivity index (χ3n) is 4.73. The van der Waals surface area contributed by atoms with Crippen LogP contribution < -0.4 is 5.32 Å². The highest BCUT2D eigenvalue weighted by atomic mass is 16.5. The van der Waals surface area contributed by atoms with Crippen LogP contribution in [0, 0.1) is 6.92 Å². The van der Waals surface area contributed by atoms with Gasteiger partial charge in [-0.25, -0.2) is 4.79 Å². The van der Waals surface area contributed by atoms with Gasteiger partial charge in [0.1, 0.15) is 0 Å². The molecule has 0 aliphatic rings. The molecule has 3 aromatic carbocycles. The van der Waals surface area contributed by atoms with Gasteiger partial charge in [0, 0.05) is 18.2 Å². The summed E-state index contributed by atoms with van der Waals surface area (Å²) >= 11 is 0. The lowest BCUT2D eigenvalue weighted by Crippen LogP contribution is -2.28. The number of ether oxygens (including phenoxy) is 1. The maximum absolute atomic E-state index is 12.3. The van der Waals surface area contributed by atoms with Crippen molar-refractivity contribution in [3.63, 3.8) is 0 Å². The molecular weight excluding hydrogens is 378 g/mol. The SMILES string of the molecule is CC(=O)Nc1cccc(-c2c(C(OC(C)(C)C)C(=O)O)c(C)cc3ccccc23)c1. The first-order chi connectivity index (χ1) is 14.1. The Morgan fingerprint density at radius 3 is 2.37 bits per heavy atom. The highest BCUT2D eigenvalue weighted by Crippen LogP contribution is 2.41. The fourth-order valence-corrected chi connectivity index (χ4v) is 3.69. The van der Waals surface area contributed by atoms with Crippen LogP contribution in [0.3, 0.4) is 0 Å². The van der Waals surface area contributed by atoms with E-state index in [0.717, 1.165) is 27.5 Å². The number of carbonyl (C=O) groups is 2. The topological polar surface area (TPSA) is 75.6 Å². The minimum atomic E-state index is -1.13. The quantitative estimate of drug-likeness (QED) is 0.570. The predicted molar refractivity (Wildman–Crippen MR) is 120 cm³/mol. The fraction of sp³-hybridized carbons (Fsp3) is 0.280. The molecule has 0 radical (unpaired) electrons. The summed E-state index contributed by atoms with van der Waals surface area (Å²) in [5.74, 6) is -1.21. The van der Waals surface area contributed by atoms with Crippen molar-refractivity contribution in [2.45, 2.75) is 46.3 Å². The van der Waals surface area contributed by atoms with Gasteiger partial charge in [-0.3, -0.25) is 4.79 Å². The maximum atomic E-state index is 12.3.